The second kappa shape index (κ2) is 4.95. The first-order chi connectivity index (χ1) is 9.59. The summed E-state index contributed by atoms with van der Waals surface area (Å²) in [6.45, 7) is 6.16. The minimum Gasteiger partial charge on any atom is -0.295 e. The van der Waals surface area contributed by atoms with E-state index < -0.39 is 0 Å². The van der Waals surface area contributed by atoms with Crippen LogP contribution in [0.5, 0.6) is 0 Å². The molecule has 0 aliphatic rings. The summed E-state index contributed by atoms with van der Waals surface area (Å²) in [4.78, 5) is 4.76. The van der Waals surface area contributed by atoms with Gasteiger partial charge in [-0.1, -0.05) is 30.3 Å². The lowest BCUT2D eigenvalue weighted by atomic mass is 10.1. The summed E-state index contributed by atoms with van der Waals surface area (Å²) in [6, 6.07) is 14.6. The van der Waals surface area contributed by atoms with E-state index in [1.54, 1.807) is 0 Å². The molecule has 3 heteroatoms. The standard InChI is InChI=1S/C17H17ClN2/c1-11-7-4-5-9-14(11)20-15-10-6-8-12(2)16(15)19-17(20)13(3)18/h4-10,13H,1-3H3. The molecule has 2 aromatic carbocycles. The molecule has 0 spiro atoms. The Kier molecular flexibility index (Phi) is 3.27. The molecule has 0 fully saturated rings. The maximum atomic E-state index is 6.35. The average molecular weight is 285 g/mol. The van der Waals surface area contributed by atoms with Crippen LogP contribution in [0.1, 0.15) is 29.3 Å². The van der Waals surface area contributed by atoms with Gasteiger partial charge in [-0.25, -0.2) is 4.98 Å². The van der Waals surface area contributed by atoms with Crippen molar-refractivity contribution in [3.05, 3.63) is 59.4 Å². The lowest BCUT2D eigenvalue weighted by molar-refractivity contribution is 0.878. The van der Waals surface area contributed by atoms with Gasteiger partial charge < -0.3 is 0 Å². The Morgan fingerprint density at radius 3 is 2.40 bits per heavy atom. The summed E-state index contributed by atoms with van der Waals surface area (Å²) in [5, 5.41) is -0.138. The lowest BCUT2D eigenvalue weighted by Gasteiger charge is -2.13. The van der Waals surface area contributed by atoms with E-state index in [1.807, 2.05) is 19.1 Å². The second-order valence-electron chi connectivity index (χ2n) is 5.15. The average Bonchev–Trinajstić information content (AvgIpc) is 2.80. The van der Waals surface area contributed by atoms with Gasteiger partial charge in [0.2, 0.25) is 0 Å². The number of hydrogen-bond donors (Lipinski definition) is 0. The Balaban J connectivity index is 2.42. The summed E-state index contributed by atoms with van der Waals surface area (Å²) in [5.41, 5.74) is 5.67. The fraction of sp³-hybridized carbons (Fsp3) is 0.235. The van der Waals surface area contributed by atoms with Crippen molar-refractivity contribution in [1.29, 1.82) is 0 Å². The molecule has 0 aliphatic carbocycles. The molecule has 0 aliphatic heterocycles. The van der Waals surface area contributed by atoms with Crippen LogP contribution in [-0.4, -0.2) is 9.55 Å². The van der Waals surface area contributed by atoms with Crippen LogP contribution in [-0.2, 0) is 0 Å². The maximum Gasteiger partial charge on any atom is 0.132 e. The van der Waals surface area contributed by atoms with Gasteiger partial charge in [0.15, 0.2) is 0 Å². The summed E-state index contributed by atoms with van der Waals surface area (Å²) in [6.07, 6.45) is 0. The number of benzene rings is 2. The van der Waals surface area contributed by atoms with Crippen LogP contribution < -0.4 is 0 Å². The zero-order chi connectivity index (χ0) is 14.3. The zero-order valence-corrected chi connectivity index (χ0v) is 12.6. The van der Waals surface area contributed by atoms with Crippen molar-refractivity contribution >= 4 is 22.6 Å². The molecule has 0 amide bonds. The molecular weight excluding hydrogens is 268 g/mol. The summed E-state index contributed by atoms with van der Waals surface area (Å²) in [7, 11) is 0. The van der Waals surface area contributed by atoms with Crippen molar-refractivity contribution in [2.75, 3.05) is 0 Å². The number of rotatable bonds is 2. The van der Waals surface area contributed by atoms with Crippen molar-refractivity contribution in [2.45, 2.75) is 26.1 Å². The minimum atomic E-state index is -0.138. The highest BCUT2D eigenvalue weighted by atomic mass is 35.5. The predicted octanol–water partition coefficient (Wildman–Crippen LogP) is 4.94. The van der Waals surface area contributed by atoms with Gasteiger partial charge in [-0.05, 0) is 44.0 Å². The number of nitrogens with zero attached hydrogens (tertiary/aromatic N) is 2. The van der Waals surface area contributed by atoms with Crippen molar-refractivity contribution in [3.63, 3.8) is 0 Å². The number of aryl methyl sites for hydroxylation is 2. The molecule has 0 bridgehead atoms. The first-order valence-corrected chi connectivity index (χ1v) is 7.21. The largest absolute Gasteiger partial charge is 0.295 e. The van der Waals surface area contributed by atoms with Gasteiger partial charge >= 0.3 is 0 Å². The number of halogens is 1. The van der Waals surface area contributed by atoms with Crippen LogP contribution in [0.3, 0.4) is 0 Å². The number of para-hydroxylation sites is 2. The highest BCUT2D eigenvalue weighted by Gasteiger charge is 2.17. The Labute approximate surface area is 124 Å². The molecule has 3 aromatic rings. The van der Waals surface area contributed by atoms with E-state index in [0.29, 0.717) is 0 Å². The topological polar surface area (TPSA) is 17.8 Å². The highest BCUT2D eigenvalue weighted by molar-refractivity contribution is 6.20. The molecule has 0 saturated carbocycles. The van der Waals surface area contributed by atoms with Crippen LogP contribution in [0.2, 0.25) is 0 Å². The molecule has 2 nitrogen and oxygen atoms in total. The number of hydrogen-bond acceptors (Lipinski definition) is 1. The van der Waals surface area contributed by atoms with Crippen molar-refractivity contribution in [3.8, 4) is 5.69 Å². The van der Waals surface area contributed by atoms with E-state index in [9.17, 15) is 0 Å². The normalized spacial score (nSPS) is 12.8. The third kappa shape index (κ3) is 2.01. The van der Waals surface area contributed by atoms with Crippen LogP contribution >= 0.6 is 11.6 Å². The van der Waals surface area contributed by atoms with Gasteiger partial charge in [-0.2, -0.15) is 0 Å². The van der Waals surface area contributed by atoms with Gasteiger partial charge in [0.25, 0.3) is 0 Å². The number of fused-ring (bicyclic) bond motifs is 1. The molecule has 1 atom stereocenters. The molecule has 1 unspecified atom stereocenters. The van der Waals surface area contributed by atoms with Crippen LogP contribution in [0, 0.1) is 13.8 Å². The smallest absolute Gasteiger partial charge is 0.132 e. The first-order valence-electron chi connectivity index (χ1n) is 6.77. The van der Waals surface area contributed by atoms with Crippen LogP contribution in [0.15, 0.2) is 42.5 Å². The fourth-order valence-corrected chi connectivity index (χ4v) is 2.74. The highest BCUT2D eigenvalue weighted by Crippen LogP contribution is 2.30. The molecule has 0 N–H and O–H groups in total. The van der Waals surface area contributed by atoms with Crippen molar-refractivity contribution in [2.24, 2.45) is 0 Å². The van der Waals surface area contributed by atoms with E-state index in [0.717, 1.165) is 22.5 Å². The molecular formula is C17H17ClN2. The Morgan fingerprint density at radius 1 is 1.00 bits per heavy atom. The summed E-state index contributed by atoms with van der Waals surface area (Å²) < 4.78 is 2.18. The number of alkyl halides is 1. The van der Waals surface area contributed by atoms with E-state index in [-0.39, 0.29) is 5.38 Å². The molecule has 20 heavy (non-hydrogen) atoms. The summed E-state index contributed by atoms with van der Waals surface area (Å²) in [5.74, 6) is 0.894. The lowest BCUT2D eigenvalue weighted by Crippen LogP contribution is -2.03. The Hall–Kier alpha value is -1.80. The molecule has 1 aromatic heterocycles. The number of imidazole rings is 1. The minimum absolute atomic E-state index is 0.138. The van der Waals surface area contributed by atoms with Crippen molar-refractivity contribution < 1.29 is 0 Å². The zero-order valence-electron chi connectivity index (χ0n) is 11.9. The Morgan fingerprint density at radius 2 is 1.70 bits per heavy atom. The van der Waals surface area contributed by atoms with E-state index in [4.69, 9.17) is 16.6 Å². The van der Waals surface area contributed by atoms with Crippen LogP contribution in [0.25, 0.3) is 16.7 Å². The fourth-order valence-electron chi connectivity index (χ4n) is 2.59. The third-order valence-corrected chi connectivity index (χ3v) is 3.82. The van der Waals surface area contributed by atoms with Crippen LogP contribution in [0.4, 0.5) is 0 Å². The van der Waals surface area contributed by atoms with E-state index >= 15 is 0 Å². The van der Waals surface area contributed by atoms with Gasteiger partial charge in [-0.3, -0.25) is 4.57 Å². The third-order valence-electron chi connectivity index (χ3n) is 3.62. The SMILES string of the molecule is Cc1ccccc1-n1c(C(C)Cl)nc2c(C)cccc21. The maximum absolute atomic E-state index is 6.35. The van der Waals surface area contributed by atoms with E-state index in [2.05, 4.69) is 48.7 Å². The predicted molar refractivity (Wildman–Crippen MR) is 84.8 cm³/mol. The summed E-state index contributed by atoms with van der Waals surface area (Å²) >= 11 is 6.35. The van der Waals surface area contributed by atoms with Gasteiger partial charge in [0.1, 0.15) is 5.82 Å². The quantitative estimate of drug-likeness (QED) is 0.609. The molecule has 0 saturated heterocycles. The molecule has 3 rings (SSSR count). The van der Waals surface area contributed by atoms with E-state index in [1.165, 1.54) is 11.1 Å². The Bertz CT molecular complexity index is 772. The molecule has 0 radical (unpaired) electrons. The van der Waals surface area contributed by atoms with Gasteiger partial charge in [-0.15, -0.1) is 11.6 Å². The van der Waals surface area contributed by atoms with Gasteiger partial charge in [0, 0.05) is 0 Å². The number of aromatic nitrogens is 2. The van der Waals surface area contributed by atoms with Gasteiger partial charge in [0.05, 0.1) is 22.1 Å². The van der Waals surface area contributed by atoms with Crippen molar-refractivity contribution in [1.82, 2.24) is 9.55 Å². The molecule has 102 valence electrons. The monoisotopic (exact) mass is 284 g/mol. The first kappa shape index (κ1) is 13.2. The molecule has 1 heterocycles. The second-order valence-corrected chi connectivity index (χ2v) is 5.81.